The summed E-state index contributed by atoms with van der Waals surface area (Å²) < 4.78 is 17.6. The summed E-state index contributed by atoms with van der Waals surface area (Å²) in [5.41, 5.74) is 2.68. The van der Waals surface area contributed by atoms with Crippen molar-refractivity contribution in [2.75, 3.05) is 40.0 Å². The van der Waals surface area contributed by atoms with Gasteiger partial charge in [0.05, 0.1) is 26.4 Å². The van der Waals surface area contributed by atoms with E-state index < -0.39 is 0 Å². The van der Waals surface area contributed by atoms with Crippen molar-refractivity contribution in [1.82, 2.24) is 10.2 Å². The molecule has 1 aliphatic rings. The Bertz CT molecular complexity index is 1030. The molecule has 1 aromatic heterocycles. The van der Waals surface area contributed by atoms with Crippen molar-refractivity contribution >= 4 is 32.8 Å². The first-order valence-electron chi connectivity index (χ1n) is 9.99. The SMILES string of the molecule is COc1ccc(C(CNC(=O)c2oc3cc(Br)ccc3c2C)N2CCOCC2)cc1. The number of morpholine rings is 1. The summed E-state index contributed by atoms with van der Waals surface area (Å²) in [6.45, 7) is 5.42. The zero-order chi connectivity index (χ0) is 21.1. The van der Waals surface area contributed by atoms with Crippen LogP contribution in [0.5, 0.6) is 5.75 Å². The van der Waals surface area contributed by atoms with Crippen molar-refractivity contribution in [3.8, 4) is 5.75 Å². The molecule has 6 nitrogen and oxygen atoms in total. The van der Waals surface area contributed by atoms with Gasteiger partial charge in [-0.3, -0.25) is 9.69 Å². The Hall–Kier alpha value is -2.35. The topological polar surface area (TPSA) is 63.9 Å². The molecule has 3 aromatic rings. The fourth-order valence-electron chi connectivity index (χ4n) is 3.86. The quantitative estimate of drug-likeness (QED) is 0.578. The number of fused-ring (bicyclic) bond motifs is 1. The fourth-order valence-corrected chi connectivity index (χ4v) is 4.20. The predicted molar refractivity (Wildman–Crippen MR) is 119 cm³/mol. The lowest BCUT2D eigenvalue weighted by Gasteiger charge is -2.35. The molecule has 1 unspecified atom stereocenters. The number of carbonyl (C=O) groups excluding carboxylic acids is 1. The van der Waals surface area contributed by atoms with E-state index >= 15 is 0 Å². The number of nitrogens with zero attached hydrogens (tertiary/aromatic N) is 1. The third-order valence-corrected chi connectivity index (χ3v) is 6.04. The number of benzene rings is 2. The van der Waals surface area contributed by atoms with Gasteiger partial charge >= 0.3 is 0 Å². The Labute approximate surface area is 184 Å². The first kappa shape index (κ1) is 20.9. The average molecular weight is 473 g/mol. The van der Waals surface area contributed by atoms with Crippen molar-refractivity contribution in [3.05, 3.63) is 63.8 Å². The summed E-state index contributed by atoms with van der Waals surface area (Å²) in [7, 11) is 1.66. The smallest absolute Gasteiger partial charge is 0.287 e. The second-order valence-corrected chi connectivity index (χ2v) is 8.26. The van der Waals surface area contributed by atoms with Crippen molar-refractivity contribution in [3.63, 3.8) is 0 Å². The molecule has 4 rings (SSSR count). The summed E-state index contributed by atoms with van der Waals surface area (Å²) in [4.78, 5) is 15.3. The molecular weight excluding hydrogens is 448 g/mol. The van der Waals surface area contributed by atoms with E-state index in [9.17, 15) is 4.79 Å². The summed E-state index contributed by atoms with van der Waals surface area (Å²) in [5.74, 6) is 0.970. The van der Waals surface area contributed by atoms with E-state index in [0.717, 1.165) is 39.8 Å². The summed E-state index contributed by atoms with van der Waals surface area (Å²) in [5, 5.41) is 4.03. The van der Waals surface area contributed by atoms with E-state index in [1.54, 1.807) is 7.11 Å². The highest BCUT2D eigenvalue weighted by atomic mass is 79.9. The van der Waals surface area contributed by atoms with Crippen molar-refractivity contribution in [2.24, 2.45) is 0 Å². The minimum absolute atomic E-state index is 0.0441. The largest absolute Gasteiger partial charge is 0.497 e. The Morgan fingerprint density at radius 2 is 1.93 bits per heavy atom. The fraction of sp³-hybridized carbons (Fsp3) is 0.348. The van der Waals surface area contributed by atoms with Gasteiger partial charge in [0.1, 0.15) is 11.3 Å². The Balaban J connectivity index is 1.54. The summed E-state index contributed by atoms with van der Waals surface area (Å²) in [6, 6.07) is 13.8. The van der Waals surface area contributed by atoms with Crippen LogP contribution >= 0.6 is 15.9 Å². The number of carbonyl (C=O) groups is 1. The highest BCUT2D eigenvalue weighted by molar-refractivity contribution is 9.10. The first-order chi connectivity index (χ1) is 14.6. The third kappa shape index (κ3) is 4.38. The van der Waals surface area contributed by atoms with E-state index in [1.807, 2.05) is 37.3 Å². The molecule has 158 valence electrons. The number of aryl methyl sites for hydroxylation is 1. The lowest BCUT2D eigenvalue weighted by atomic mass is 10.0. The molecule has 0 aliphatic carbocycles. The Morgan fingerprint density at radius 3 is 2.63 bits per heavy atom. The molecule has 7 heteroatoms. The number of hydrogen-bond donors (Lipinski definition) is 1. The molecule has 1 aliphatic heterocycles. The van der Waals surface area contributed by atoms with Gasteiger partial charge in [-0.05, 0) is 42.8 Å². The van der Waals surface area contributed by atoms with Crippen molar-refractivity contribution in [2.45, 2.75) is 13.0 Å². The van der Waals surface area contributed by atoms with Crippen LogP contribution in [0.4, 0.5) is 0 Å². The highest BCUT2D eigenvalue weighted by Crippen LogP contribution is 2.28. The minimum Gasteiger partial charge on any atom is -0.497 e. The lowest BCUT2D eigenvalue weighted by molar-refractivity contribution is 0.0161. The standard InChI is InChI=1S/C23H25BrN2O4/c1-15-19-8-5-17(24)13-21(19)30-22(15)23(27)25-14-20(26-9-11-29-12-10-26)16-3-6-18(28-2)7-4-16/h3-8,13,20H,9-12,14H2,1-2H3,(H,25,27). The van der Waals surface area contributed by atoms with E-state index in [-0.39, 0.29) is 11.9 Å². The first-order valence-corrected chi connectivity index (χ1v) is 10.8. The van der Waals surface area contributed by atoms with Gasteiger partial charge in [-0.1, -0.05) is 28.1 Å². The van der Waals surface area contributed by atoms with Crippen LogP contribution in [0.2, 0.25) is 0 Å². The average Bonchev–Trinajstić information content (AvgIpc) is 3.10. The van der Waals surface area contributed by atoms with Gasteiger partial charge in [0.2, 0.25) is 0 Å². The molecule has 1 atom stereocenters. The van der Waals surface area contributed by atoms with Gasteiger partial charge in [-0.15, -0.1) is 0 Å². The molecule has 0 radical (unpaired) electrons. The number of amides is 1. The van der Waals surface area contributed by atoms with Crippen LogP contribution in [0.15, 0.2) is 51.4 Å². The van der Waals surface area contributed by atoms with E-state index in [1.165, 1.54) is 0 Å². The van der Waals surface area contributed by atoms with Crippen LogP contribution in [0, 0.1) is 6.92 Å². The molecular formula is C23H25BrN2O4. The van der Waals surface area contributed by atoms with Crippen LogP contribution in [-0.4, -0.2) is 50.8 Å². The van der Waals surface area contributed by atoms with Crippen LogP contribution in [0.1, 0.15) is 27.7 Å². The van der Waals surface area contributed by atoms with Crippen molar-refractivity contribution < 1.29 is 18.7 Å². The third-order valence-electron chi connectivity index (χ3n) is 5.55. The second-order valence-electron chi connectivity index (χ2n) is 7.34. The van der Waals surface area contributed by atoms with Crippen LogP contribution in [-0.2, 0) is 4.74 Å². The zero-order valence-electron chi connectivity index (χ0n) is 17.1. The molecule has 1 amide bonds. The lowest BCUT2D eigenvalue weighted by Crippen LogP contribution is -2.43. The monoisotopic (exact) mass is 472 g/mol. The molecule has 1 saturated heterocycles. The number of furan rings is 1. The number of halogens is 1. The maximum Gasteiger partial charge on any atom is 0.287 e. The van der Waals surface area contributed by atoms with Gasteiger partial charge in [0.25, 0.3) is 5.91 Å². The van der Waals surface area contributed by atoms with Crippen molar-refractivity contribution in [1.29, 1.82) is 0 Å². The maximum atomic E-state index is 13.0. The van der Waals surface area contributed by atoms with Crippen LogP contribution < -0.4 is 10.1 Å². The highest BCUT2D eigenvalue weighted by Gasteiger charge is 2.25. The maximum absolute atomic E-state index is 13.0. The number of rotatable bonds is 6. The number of methoxy groups -OCH3 is 1. The van der Waals surface area contributed by atoms with Gasteiger partial charge in [0.15, 0.2) is 5.76 Å². The minimum atomic E-state index is -0.202. The summed E-state index contributed by atoms with van der Waals surface area (Å²) >= 11 is 3.45. The normalized spacial score (nSPS) is 15.8. The van der Waals surface area contributed by atoms with E-state index in [2.05, 4.69) is 38.3 Å². The Morgan fingerprint density at radius 1 is 1.20 bits per heavy atom. The molecule has 0 spiro atoms. The Kier molecular flexibility index (Phi) is 6.41. The number of hydrogen-bond acceptors (Lipinski definition) is 5. The van der Waals surface area contributed by atoms with Crippen LogP contribution in [0.25, 0.3) is 11.0 Å². The zero-order valence-corrected chi connectivity index (χ0v) is 18.7. The van der Waals surface area contributed by atoms with Gasteiger partial charge in [0, 0.05) is 35.1 Å². The summed E-state index contributed by atoms with van der Waals surface area (Å²) in [6.07, 6.45) is 0. The molecule has 0 saturated carbocycles. The van der Waals surface area contributed by atoms with E-state index in [0.29, 0.717) is 31.1 Å². The molecule has 0 bridgehead atoms. The molecule has 30 heavy (non-hydrogen) atoms. The molecule has 1 N–H and O–H groups in total. The molecule has 2 aromatic carbocycles. The second kappa shape index (κ2) is 9.20. The number of ether oxygens (including phenoxy) is 2. The van der Waals surface area contributed by atoms with Gasteiger partial charge in [-0.25, -0.2) is 0 Å². The van der Waals surface area contributed by atoms with Gasteiger partial charge in [-0.2, -0.15) is 0 Å². The number of nitrogens with one attached hydrogen (secondary N) is 1. The van der Waals surface area contributed by atoms with Gasteiger partial charge < -0.3 is 19.2 Å². The van der Waals surface area contributed by atoms with Crippen LogP contribution in [0.3, 0.4) is 0 Å². The molecule has 1 fully saturated rings. The molecule has 2 heterocycles. The predicted octanol–water partition coefficient (Wildman–Crippen LogP) is 4.32. The van der Waals surface area contributed by atoms with E-state index in [4.69, 9.17) is 13.9 Å².